The summed E-state index contributed by atoms with van der Waals surface area (Å²) in [5.41, 5.74) is 6.57. The van der Waals surface area contributed by atoms with Gasteiger partial charge in [0.15, 0.2) is 11.5 Å². The SMILES string of the molecule is CCOC(=O)CC(c1cc(CN2CC=C(OCc3ccccc3)OS2(=O)=O)c(OC)c(OC)c1)c1ccc2c(nnn2CCCCOCc2ccccc2)c1C. The minimum absolute atomic E-state index is 0.000550. The van der Waals surface area contributed by atoms with Gasteiger partial charge >= 0.3 is 16.3 Å². The number of aromatic nitrogens is 3. The second kappa shape index (κ2) is 18.9. The average molecular weight is 785 g/mol. The van der Waals surface area contributed by atoms with Crippen LogP contribution in [0.4, 0.5) is 0 Å². The summed E-state index contributed by atoms with van der Waals surface area (Å²) in [6.07, 6.45) is 3.33. The van der Waals surface area contributed by atoms with E-state index in [0.717, 1.165) is 46.1 Å². The molecule has 4 aromatic carbocycles. The van der Waals surface area contributed by atoms with Crippen molar-refractivity contribution in [1.29, 1.82) is 0 Å². The summed E-state index contributed by atoms with van der Waals surface area (Å²) in [5, 5.41) is 9.02. The van der Waals surface area contributed by atoms with E-state index in [2.05, 4.69) is 10.3 Å². The number of methoxy groups -OCH3 is 2. The number of nitrogens with zero attached hydrogens (tertiary/aromatic N) is 4. The molecular formula is C42H48N4O9S. The molecule has 0 bridgehead atoms. The van der Waals surface area contributed by atoms with E-state index >= 15 is 0 Å². The molecule has 14 heteroatoms. The molecule has 56 heavy (non-hydrogen) atoms. The Morgan fingerprint density at radius 3 is 2.34 bits per heavy atom. The molecular weight excluding hydrogens is 737 g/mol. The highest BCUT2D eigenvalue weighted by molar-refractivity contribution is 7.84. The summed E-state index contributed by atoms with van der Waals surface area (Å²) in [7, 11) is -1.23. The minimum Gasteiger partial charge on any atom is -0.493 e. The number of esters is 1. The number of fused-ring (bicyclic) bond motifs is 1. The van der Waals surface area contributed by atoms with Crippen LogP contribution in [0.3, 0.4) is 0 Å². The molecule has 0 saturated heterocycles. The lowest BCUT2D eigenvalue weighted by atomic mass is 9.84. The van der Waals surface area contributed by atoms with E-state index in [-0.39, 0.29) is 44.6 Å². The van der Waals surface area contributed by atoms with Crippen molar-refractivity contribution in [3.63, 3.8) is 0 Å². The lowest BCUT2D eigenvalue weighted by Gasteiger charge is -2.27. The first-order valence-corrected chi connectivity index (χ1v) is 20.0. The summed E-state index contributed by atoms with van der Waals surface area (Å²) in [6, 6.07) is 27.1. The van der Waals surface area contributed by atoms with Gasteiger partial charge < -0.3 is 27.9 Å². The predicted octanol–water partition coefficient (Wildman–Crippen LogP) is 6.97. The number of hydrogen-bond acceptors (Lipinski definition) is 11. The molecule has 0 fully saturated rings. The van der Waals surface area contributed by atoms with Crippen molar-refractivity contribution in [2.24, 2.45) is 0 Å². The van der Waals surface area contributed by atoms with Gasteiger partial charge in [0.2, 0.25) is 0 Å². The Labute approximate surface area is 328 Å². The van der Waals surface area contributed by atoms with E-state index < -0.39 is 16.2 Å². The minimum atomic E-state index is -4.24. The number of carbonyl (C=O) groups excluding carboxylic acids is 1. The monoisotopic (exact) mass is 784 g/mol. The molecule has 1 unspecified atom stereocenters. The first-order valence-electron chi connectivity index (χ1n) is 18.6. The third kappa shape index (κ3) is 9.86. The molecule has 0 spiro atoms. The Bertz CT molecular complexity index is 2230. The van der Waals surface area contributed by atoms with Crippen molar-refractivity contribution in [3.8, 4) is 11.5 Å². The van der Waals surface area contributed by atoms with Gasteiger partial charge in [0.05, 0.1) is 39.4 Å². The number of aryl methyl sites for hydroxylation is 2. The molecule has 0 saturated carbocycles. The third-order valence-corrected chi connectivity index (χ3v) is 10.9. The van der Waals surface area contributed by atoms with Crippen LogP contribution in [0.5, 0.6) is 11.5 Å². The molecule has 2 heterocycles. The average Bonchev–Trinajstić information content (AvgIpc) is 3.62. The van der Waals surface area contributed by atoms with E-state index in [1.165, 1.54) is 18.5 Å². The van der Waals surface area contributed by atoms with Gasteiger partial charge in [0, 0.05) is 43.8 Å². The van der Waals surface area contributed by atoms with Crippen LogP contribution in [-0.2, 0) is 59.8 Å². The van der Waals surface area contributed by atoms with Crippen molar-refractivity contribution in [2.45, 2.75) is 65.3 Å². The Kier molecular flexibility index (Phi) is 13.6. The number of benzene rings is 4. The van der Waals surface area contributed by atoms with Gasteiger partial charge in [-0.15, -0.1) is 5.10 Å². The Balaban J connectivity index is 1.23. The van der Waals surface area contributed by atoms with Crippen LogP contribution >= 0.6 is 0 Å². The summed E-state index contributed by atoms with van der Waals surface area (Å²) in [5.74, 6) is -0.239. The van der Waals surface area contributed by atoms with Crippen LogP contribution in [0.25, 0.3) is 11.0 Å². The maximum atomic E-state index is 13.4. The largest absolute Gasteiger partial charge is 0.493 e. The van der Waals surface area contributed by atoms with Crippen LogP contribution in [0.15, 0.2) is 97.0 Å². The van der Waals surface area contributed by atoms with Crippen LogP contribution < -0.4 is 9.47 Å². The molecule has 0 amide bonds. The zero-order chi connectivity index (χ0) is 39.5. The lowest BCUT2D eigenvalue weighted by molar-refractivity contribution is -0.143. The number of hydrogen-bond donors (Lipinski definition) is 0. The number of rotatable bonds is 19. The van der Waals surface area contributed by atoms with Crippen LogP contribution in [0, 0.1) is 6.92 Å². The van der Waals surface area contributed by atoms with Crippen molar-refractivity contribution >= 4 is 27.3 Å². The second-order valence-corrected chi connectivity index (χ2v) is 14.9. The van der Waals surface area contributed by atoms with Gasteiger partial charge in [-0.25, -0.2) is 4.68 Å². The molecule has 5 aromatic rings. The van der Waals surface area contributed by atoms with Crippen molar-refractivity contribution in [1.82, 2.24) is 19.3 Å². The Morgan fingerprint density at radius 1 is 0.929 bits per heavy atom. The highest BCUT2D eigenvalue weighted by Crippen LogP contribution is 2.41. The highest BCUT2D eigenvalue weighted by Gasteiger charge is 2.32. The number of unbranched alkanes of at least 4 members (excludes halogenated alkanes) is 1. The van der Waals surface area contributed by atoms with E-state index in [1.807, 2.05) is 96.5 Å². The van der Waals surface area contributed by atoms with E-state index in [1.54, 1.807) is 13.0 Å². The second-order valence-electron chi connectivity index (χ2n) is 13.3. The summed E-state index contributed by atoms with van der Waals surface area (Å²) in [6.45, 7) is 5.91. The Hall–Kier alpha value is -5.44. The fourth-order valence-electron chi connectivity index (χ4n) is 6.74. The fourth-order valence-corrected chi connectivity index (χ4v) is 7.72. The number of ether oxygens (including phenoxy) is 5. The zero-order valence-electron chi connectivity index (χ0n) is 32.2. The molecule has 1 aliphatic rings. The third-order valence-electron chi connectivity index (χ3n) is 9.57. The smallest absolute Gasteiger partial charge is 0.388 e. The van der Waals surface area contributed by atoms with Gasteiger partial charge in [0.1, 0.15) is 12.1 Å². The van der Waals surface area contributed by atoms with Crippen LogP contribution in [-0.4, -0.2) is 67.7 Å². The van der Waals surface area contributed by atoms with Gasteiger partial charge in [-0.3, -0.25) is 4.79 Å². The molecule has 1 aromatic heterocycles. The molecule has 13 nitrogen and oxygen atoms in total. The van der Waals surface area contributed by atoms with E-state index in [9.17, 15) is 13.2 Å². The first-order chi connectivity index (χ1) is 27.2. The fraction of sp³-hybridized carbons (Fsp3) is 0.357. The maximum Gasteiger partial charge on any atom is 0.388 e. The van der Waals surface area contributed by atoms with Crippen LogP contribution in [0.1, 0.15) is 65.5 Å². The quantitative estimate of drug-likeness (QED) is 0.0633. The van der Waals surface area contributed by atoms with Crippen LogP contribution in [0.2, 0.25) is 0 Å². The van der Waals surface area contributed by atoms with Crippen molar-refractivity contribution in [2.75, 3.05) is 34.0 Å². The molecule has 6 rings (SSSR count). The standard InChI is InChI=1S/C42H48N4O9S/c1-5-53-39(47)26-36(35-18-19-37-41(30(35)2)43-44-46(37)21-12-13-23-52-28-31-14-8-6-9-15-31)33-24-34(42(51-4)38(25-33)50-3)27-45-22-20-40(55-56(45,48)49)54-29-32-16-10-7-11-17-32/h6-11,14-20,24-25,36H,5,12-13,21-23,26-29H2,1-4H3. The summed E-state index contributed by atoms with van der Waals surface area (Å²) >= 11 is 0. The number of carbonyl (C=O) groups is 1. The molecule has 1 atom stereocenters. The first kappa shape index (κ1) is 40.2. The van der Waals surface area contributed by atoms with Crippen molar-refractivity contribution in [3.05, 3.63) is 130 Å². The van der Waals surface area contributed by atoms with Gasteiger partial charge in [-0.2, -0.15) is 12.7 Å². The van der Waals surface area contributed by atoms with E-state index in [0.29, 0.717) is 42.4 Å². The molecule has 1 aliphatic heterocycles. The molecule has 0 radical (unpaired) electrons. The van der Waals surface area contributed by atoms with Crippen molar-refractivity contribution < 1.29 is 41.1 Å². The lowest BCUT2D eigenvalue weighted by Crippen LogP contribution is -2.36. The topological polar surface area (TPSA) is 141 Å². The summed E-state index contributed by atoms with van der Waals surface area (Å²) in [4.78, 5) is 13.1. The molecule has 296 valence electrons. The Morgan fingerprint density at radius 2 is 1.66 bits per heavy atom. The van der Waals surface area contributed by atoms with Gasteiger partial charge in [-0.05, 0) is 72.7 Å². The predicted molar refractivity (Wildman–Crippen MR) is 210 cm³/mol. The summed E-state index contributed by atoms with van der Waals surface area (Å²) < 4.78 is 63.6. The molecule has 0 aliphatic carbocycles. The normalized spacial score (nSPS) is 14.5. The zero-order valence-corrected chi connectivity index (χ0v) is 33.0. The maximum absolute atomic E-state index is 13.4. The highest BCUT2D eigenvalue weighted by atomic mass is 32.2. The van der Waals surface area contributed by atoms with Gasteiger partial charge in [-0.1, -0.05) is 71.9 Å². The van der Waals surface area contributed by atoms with Gasteiger partial charge in [0.25, 0.3) is 5.95 Å². The molecule has 0 N–H and O–H groups in total. The van der Waals surface area contributed by atoms with E-state index in [4.69, 9.17) is 27.9 Å².